The van der Waals surface area contributed by atoms with Gasteiger partial charge in [-0.15, -0.1) is 0 Å². The summed E-state index contributed by atoms with van der Waals surface area (Å²) in [5.74, 6) is -1.74. The number of benzene rings is 2. The first-order chi connectivity index (χ1) is 14.1. The highest BCUT2D eigenvalue weighted by Gasteiger charge is 2.26. The molecule has 10 heteroatoms. The molecule has 0 saturated carbocycles. The van der Waals surface area contributed by atoms with Crippen LogP contribution in [0.2, 0.25) is 0 Å². The molecule has 160 valence electrons. The number of carbonyl (C=O) groups is 2. The van der Waals surface area contributed by atoms with E-state index >= 15 is 0 Å². The molecule has 0 aromatic heterocycles. The molecule has 0 aliphatic heterocycles. The van der Waals surface area contributed by atoms with E-state index in [4.69, 9.17) is 4.74 Å². The van der Waals surface area contributed by atoms with Crippen LogP contribution >= 0.6 is 0 Å². The van der Waals surface area contributed by atoms with Gasteiger partial charge in [-0.3, -0.25) is 14.9 Å². The van der Waals surface area contributed by atoms with Crippen LogP contribution in [0.15, 0.2) is 48.5 Å². The van der Waals surface area contributed by atoms with Crippen LogP contribution in [0.5, 0.6) is 0 Å². The number of esters is 1. The second-order valence-electron chi connectivity index (χ2n) is 6.55. The average Bonchev–Trinajstić information content (AvgIpc) is 2.70. The second kappa shape index (κ2) is 9.97. The number of hydrogen-bond acceptors (Lipinski definition) is 7. The van der Waals surface area contributed by atoms with Crippen LogP contribution in [0.1, 0.15) is 23.7 Å². The van der Waals surface area contributed by atoms with Crippen LogP contribution in [-0.2, 0) is 19.4 Å². The Balaban J connectivity index is 2.39. The Morgan fingerprint density at radius 2 is 1.83 bits per heavy atom. The Morgan fingerprint density at radius 1 is 1.17 bits per heavy atom. The van der Waals surface area contributed by atoms with Crippen molar-refractivity contribution in [1.29, 1.82) is 0 Å². The van der Waals surface area contributed by atoms with Gasteiger partial charge >= 0.3 is 5.97 Å². The highest BCUT2D eigenvalue weighted by Crippen LogP contribution is 2.28. The van der Waals surface area contributed by atoms with Gasteiger partial charge in [0.25, 0.3) is 11.6 Å². The zero-order chi connectivity index (χ0) is 22.3. The Labute approximate surface area is 174 Å². The molecule has 2 aromatic rings. The van der Waals surface area contributed by atoms with E-state index in [1.54, 1.807) is 37.3 Å². The molecule has 2 rings (SSSR count). The predicted octanol–water partition coefficient (Wildman–Crippen LogP) is 2.36. The van der Waals surface area contributed by atoms with Crippen molar-refractivity contribution in [1.82, 2.24) is 5.32 Å². The molecular weight excluding hydrogens is 412 g/mol. The zero-order valence-electron chi connectivity index (χ0n) is 16.5. The maximum absolute atomic E-state index is 12.9. The van der Waals surface area contributed by atoms with Crippen LogP contribution < -0.4 is 5.32 Å². The van der Waals surface area contributed by atoms with E-state index in [1.807, 2.05) is 0 Å². The van der Waals surface area contributed by atoms with Crippen LogP contribution in [0, 0.1) is 10.1 Å². The molecule has 1 amide bonds. The first-order valence-corrected chi connectivity index (χ1v) is 11.2. The quantitative estimate of drug-likeness (QED) is 0.364. The number of non-ortho nitro benzene ring substituents is 1. The van der Waals surface area contributed by atoms with E-state index in [0.717, 1.165) is 6.26 Å². The summed E-state index contributed by atoms with van der Waals surface area (Å²) in [5, 5.41) is 13.7. The number of amides is 1. The number of nitrogens with one attached hydrogen (secondary N) is 1. The van der Waals surface area contributed by atoms with Crippen LogP contribution in [0.3, 0.4) is 0 Å². The number of carbonyl (C=O) groups excluding carboxylic acids is 2. The number of nitrogens with zero attached hydrogens (tertiary/aromatic N) is 1. The molecule has 0 aliphatic carbocycles. The minimum atomic E-state index is -3.37. The second-order valence-corrected chi connectivity index (χ2v) is 8.81. The summed E-state index contributed by atoms with van der Waals surface area (Å²) in [6, 6.07) is 11.2. The van der Waals surface area contributed by atoms with E-state index in [1.165, 1.54) is 18.2 Å². The fraction of sp³-hybridized carbons (Fsp3) is 0.300. The first-order valence-electron chi connectivity index (χ1n) is 9.11. The lowest BCUT2D eigenvalue weighted by molar-refractivity contribution is -0.384. The number of sulfone groups is 1. The summed E-state index contributed by atoms with van der Waals surface area (Å²) in [6.45, 7) is 1.66. The molecule has 0 radical (unpaired) electrons. The summed E-state index contributed by atoms with van der Waals surface area (Å²) < 4.78 is 27.9. The Kier molecular flexibility index (Phi) is 7.65. The van der Waals surface area contributed by atoms with Gasteiger partial charge in [0.15, 0.2) is 0 Å². The monoisotopic (exact) mass is 434 g/mol. The molecule has 0 saturated heterocycles. The van der Waals surface area contributed by atoms with E-state index in [2.05, 4.69) is 5.32 Å². The van der Waals surface area contributed by atoms with Gasteiger partial charge in [0, 0.05) is 29.5 Å². The van der Waals surface area contributed by atoms with Crippen molar-refractivity contribution in [2.45, 2.75) is 19.4 Å². The van der Waals surface area contributed by atoms with Crippen molar-refractivity contribution in [2.24, 2.45) is 0 Å². The van der Waals surface area contributed by atoms with Crippen molar-refractivity contribution in [3.63, 3.8) is 0 Å². The third-order valence-corrected chi connectivity index (χ3v) is 5.17. The maximum atomic E-state index is 12.9. The number of nitro groups is 1. The molecule has 0 unspecified atom stereocenters. The lowest BCUT2D eigenvalue weighted by atomic mass is 9.98. The largest absolute Gasteiger partial charge is 0.464 e. The molecule has 0 bridgehead atoms. The van der Waals surface area contributed by atoms with Gasteiger partial charge in [-0.1, -0.05) is 30.3 Å². The molecular formula is C20H22N2O7S. The van der Waals surface area contributed by atoms with Crippen molar-refractivity contribution < 1.29 is 27.7 Å². The molecule has 0 aliphatic rings. The molecule has 0 fully saturated rings. The standard InChI is InChI=1S/C20H22N2O7S/c1-3-29-20(24)18(11-12-30(2,27)28)21-19(23)16-10-9-15(22(25)26)13-17(16)14-7-5-4-6-8-14/h4-10,13,18H,3,11-12H2,1-2H3,(H,21,23)/t18-/m0/s1. The molecule has 1 N–H and O–H groups in total. The summed E-state index contributed by atoms with van der Waals surface area (Å²) in [5.41, 5.74) is 0.813. The molecule has 30 heavy (non-hydrogen) atoms. The minimum absolute atomic E-state index is 0.0663. The lowest BCUT2D eigenvalue weighted by Crippen LogP contribution is -2.43. The minimum Gasteiger partial charge on any atom is -0.464 e. The number of ether oxygens (including phenoxy) is 1. The third-order valence-electron chi connectivity index (χ3n) is 4.20. The van der Waals surface area contributed by atoms with Gasteiger partial charge in [-0.05, 0) is 25.0 Å². The molecule has 9 nitrogen and oxygen atoms in total. The summed E-state index contributed by atoms with van der Waals surface area (Å²) in [4.78, 5) is 35.7. The van der Waals surface area contributed by atoms with Crippen LogP contribution in [0.25, 0.3) is 11.1 Å². The molecule has 1 atom stereocenters. The highest BCUT2D eigenvalue weighted by molar-refractivity contribution is 7.90. The van der Waals surface area contributed by atoms with Gasteiger partial charge in [-0.2, -0.15) is 0 Å². The zero-order valence-corrected chi connectivity index (χ0v) is 17.3. The molecule has 2 aromatic carbocycles. The Hall–Kier alpha value is -3.27. The van der Waals surface area contributed by atoms with E-state index < -0.39 is 32.7 Å². The van der Waals surface area contributed by atoms with Crippen LogP contribution in [0.4, 0.5) is 5.69 Å². The summed E-state index contributed by atoms with van der Waals surface area (Å²) >= 11 is 0. The molecule has 0 heterocycles. The van der Waals surface area contributed by atoms with Gasteiger partial charge in [-0.25, -0.2) is 13.2 Å². The van der Waals surface area contributed by atoms with Gasteiger partial charge in [0.2, 0.25) is 0 Å². The highest BCUT2D eigenvalue weighted by atomic mass is 32.2. The average molecular weight is 434 g/mol. The topological polar surface area (TPSA) is 133 Å². The van der Waals surface area contributed by atoms with Gasteiger partial charge < -0.3 is 10.1 Å². The number of rotatable bonds is 9. The lowest BCUT2D eigenvalue weighted by Gasteiger charge is -2.18. The van der Waals surface area contributed by atoms with Crippen molar-refractivity contribution in [2.75, 3.05) is 18.6 Å². The smallest absolute Gasteiger partial charge is 0.328 e. The predicted molar refractivity (Wildman–Crippen MR) is 111 cm³/mol. The Morgan fingerprint density at radius 3 is 2.40 bits per heavy atom. The third kappa shape index (κ3) is 6.38. The normalized spacial score (nSPS) is 12.1. The van der Waals surface area contributed by atoms with E-state index in [9.17, 15) is 28.1 Å². The van der Waals surface area contributed by atoms with Gasteiger partial charge in [0.1, 0.15) is 15.9 Å². The number of nitro benzene ring substituents is 1. The first kappa shape index (κ1) is 23.0. The Bertz CT molecular complexity index is 1040. The maximum Gasteiger partial charge on any atom is 0.328 e. The number of hydrogen-bond donors (Lipinski definition) is 1. The van der Waals surface area contributed by atoms with Crippen molar-refractivity contribution in [3.05, 3.63) is 64.2 Å². The van der Waals surface area contributed by atoms with Crippen LogP contribution in [-0.4, -0.2) is 49.9 Å². The van der Waals surface area contributed by atoms with Crippen molar-refractivity contribution in [3.8, 4) is 11.1 Å². The fourth-order valence-electron chi connectivity index (χ4n) is 2.76. The molecule has 0 spiro atoms. The summed E-state index contributed by atoms with van der Waals surface area (Å²) in [7, 11) is -3.37. The van der Waals surface area contributed by atoms with Crippen molar-refractivity contribution >= 4 is 27.4 Å². The van der Waals surface area contributed by atoms with E-state index in [0.29, 0.717) is 11.1 Å². The van der Waals surface area contributed by atoms with Gasteiger partial charge in [0.05, 0.1) is 17.3 Å². The SMILES string of the molecule is CCOC(=O)[C@H](CCS(C)(=O)=O)NC(=O)c1ccc([N+](=O)[O-])cc1-c1ccccc1. The van der Waals surface area contributed by atoms with E-state index in [-0.39, 0.29) is 30.0 Å². The summed E-state index contributed by atoms with van der Waals surface area (Å²) in [6.07, 6.45) is 0.873. The fourth-order valence-corrected chi connectivity index (χ4v) is 3.42.